The summed E-state index contributed by atoms with van der Waals surface area (Å²) >= 11 is 0. The second kappa shape index (κ2) is 4.06. The number of nitrogens with two attached hydrogens (primary N) is 1. The van der Waals surface area contributed by atoms with E-state index in [9.17, 15) is 0 Å². The normalized spacial score (nSPS) is 29.1. The van der Waals surface area contributed by atoms with Gasteiger partial charge in [0, 0.05) is 11.3 Å². The fourth-order valence-electron chi connectivity index (χ4n) is 2.52. The van der Waals surface area contributed by atoms with Gasteiger partial charge in [-0.2, -0.15) is 0 Å². The van der Waals surface area contributed by atoms with E-state index in [-0.39, 0.29) is 5.41 Å². The molecule has 1 nitrogen and oxygen atoms in total. The topological polar surface area (TPSA) is 26.0 Å². The summed E-state index contributed by atoms with van der Waals surface area (Å²) < 4.78 is 0. The van der Waals surface area contributed by atoms with Crippen molar-refractivity contribution >= 4 is 5.70 Å². The van der Waals surface area contributed by atoms with Crippen LogP contribution in [0.15, 0.2) is 42.0 Å². The summed E-state index contributed by atoms with van der Waals surface area (Å²) in [6.07, 6.45) is 4.38. The van der Waals surface area contributed by atoms with E-state index in [1.54, 1.807) is 0 Å². The summed E-state index contributed by atoms with van der Waals surface area (Å²) in [6, 6.07) is 8.47. The standard InChI is InChI=1S/C16H21N/c1-11-9-12(2)16(3,4)14-8-6-5-7-13(14)15(17)10-11/h5-10,12H,17H2,1-4H3/b11-9-,15-10-. The monoisotopic (exact) mass is 227 g/mol. The third kappa shape index (κ3) is 2.02. The average molecular weight is 227 g/mol. The van der Waals surface area contributed by atoms with Gasteiger partial charge < -0.3 is 5.73 Å². The first-order chi connectivity index (χ1) is 7.93. The minimum atomic E-state index is 0.108. The van der Waals surface area contributed by atoms with Gasteiger partial charge in [0.1, 0.15) is 0 Å². The summed E-state index contributed by atoms with van der Waals surface area (Å²) in [5.41, 5.74) is 10.9. The van der Waals surface area contributed by atoms with E-state index in [1.807, 2.05) is 0 Å². The molecule has 0 aromatic heterocycles. The molecule has 1 aliphatic rings. The Bertz CT molecular complexity index is 492. The van der Waals surface area contributed by atoms with Crippen LogP contribution in [0.2, 0.25) is 0 Å². The van der Waals surface area contributed by atoms with Gasteiger partial charge in [-0.05, 0) is 29.9 Å². The third-order valence-electron chi connectivity index (χ3n) is 3.97. The van der Waals surface area contributed by atoms with Gasteiger partial charge in [-0.25, -0.2) is 0 Å². The Morgan fingerprint density at radius 1 is 1.18 bits per heavy atom. The molecule has 0 aliphatic heterocycles. The van der Waals surface area contributed by atoms with Crippen molar-refractivity contribution in [3.05, 3.63) is 53.1 Å². The molecule has 2 rings (SSSR count). The number of hydrogen-bond acceptors (Lipinski definition) is 1. The molecule has 90 valence electrons. The molecule has 0 spiro atoms. The highest BCUT2D eigenvalue weighted by Crippen LogP contribution is 2.38. The van der Waals surface area contributed by atoms with Crippen LogP contribution in [0.4, 0.5) is 0 Å². The van der Waals surface area contributed by atoms with Crippen molar-refractivity contribution in [1.82, 2.24) is 0 Å². The Kier molecular flexibility index (Phi) is 2.86. The summed E-state index contributed by atoms with van der Waals surface area (Å²) in [6.45, 7) is 8.97. The largest absolute Gasteiger partial charge is 0.398 e. The molecule has 0 fully saturated rings. The van der Waals surface area contributed by atoms with Crippen LogP contribution < -0.4 is 5.73 Å². The molecule has 1 aromatic rings. The molecule has 2 N–H and O–H groups in total. The molecule has 0 radical (unpaired) electrons. The third-order valence-corrected chi connectivity index (χ3v) is 3.97. The van der Waals surface area contributed by atoms with Crippen molar-refractivity contribution in [3.8, 4) is 0 Å². The van der Waals surface area contributed by atoms with Crippen molar-refractivity contribution < 1.29 is 0 Å². The minimum Gasteiger partial charge on any atom is -0.398 e. The molecule has 17 heavy (non-hydrogen) atoms. The van der Waals surface area contributed by atoms with E-state index in [2.05, 4.69) is 64.1 Å². The van der Waals surface area contributed by atoms with E-state index < -0.39 is 0 Å². The lowest BCUT2D eigenvalue weighted by atomic mass is 9.70. The fourth-order valence-corrected chi connectivity index (χ4v) is 2.52. The molecule has 0 saturated heterocycles. The number of hydrogen-bond donors (Lipinski definition) is 1. The molecule has 0 saturated carbocycles. The van der Waals surface area contributed by atoms with Crippen molar-refractivity contribution in [2.45, 2.75) is 33.1 Å². The van der Waals surface area contributed by atoms with Gasteiger partial charge in [-0.1, -0.05) is 56.7 Å². The predicted molar refractivity (Wildman–Crippen MR) is 74.6 cm³/mol. The van der Waals surface area contributed by atoms with Crippen LogP contribution in [0.1, 0.15) is 38.8 Å². The zero-order valence-corrected chi connectivity index (χ0v) is 11.1. The number of benzene rings is 1. The van der Waals surface area contributed by atoms with Gasteiger partial charge in [0.2, 0.25) is 0 Å². The lowest BCUT2D eigenvalue weighted by Gasteiger charge is -2.34. The quantitative estimate of drug-likeness (QED) is 0.715. The van der Waals surface area contributed by atoms with Crippen LogP contribution in [-0.2, 0) is 5.41 Å². The second-order valence-corrected chi connectivity index (χ2v) is 5.57. The number of fused-ring (bicyclic) bond motifs is 1. The maximum atomic E-state index is 6.19. The average Bonchev–Trinajstić information content (AvgIpc) is 2.27. The summed E-state index contributed by atoms with van der Waals surface area (Å²) in [5.74, 6) is 0.494. The van der Waals surface area contributed by atoms with Crippen molar-refractivity contribution in [3.63, 3.8) is 0 Å². The number of allylic oxidation sites excluding steroid dienone is 3. The lowest BCUT2D eigenvalue weighted by molar-refractivity contribution is 0.406. The maximum absolute atomic E-state index is 6.19. The highest BCUT2D eigenvalue weighted by molar-refractivity contribution is 5.69. The molecule has 1 heteroatoms. The van der Waals surface area contributed by atoms with Crippen molar-refractivity contribution in [2.75, 3.05) is 0 Å². The molecule has 0 heterocycles. The smallest absolute Gasteiger partial charge is 0.0393 e. The SMILES string of the molecule is CC1=C/C(C)C(C)(C)c2ccccc2\C(N)=C\1. The fraction of sp³-hybridized carbons (Fsp3) is 0.375. The first-order valence-corrected chi connectivity index (χ1v) is 6.18. The van der Waals surface area contributed by atoms with Gasteiger partial charge in [0.05, 0.1) is 0 Å². The van der Waals surface area contributed by atoms with Gasteiger partial charge in [0.15, 0.2) is 0 Å². The highest BCUT2D eigenvalue weighted by atomic mass is 14.6. The predicted octanol–water partition coefficient (Wildman–Crippen LogP) is 3.86. The molecule has 1 aromatic carbocycles. The summed E-state index contributed by atoms with van der Waals surface area (Å²) in [4.78, 5) is 0. The Morgan fingerprint density at radius 3 is 2.53 bits per heavy atom. The van der Waals surface area contributed by atoms with E-state index in [0.717, 1.165) is 5.70 Å². The van der Waals surface area contributed by atoms with Crippen molar-refractivity contribution in [2.24, 2.45) is 11.7 Å². The van der Waals surface area contributed by atoms with Crippen LogP contribution in [-0.4, -0.2) is 0 Å². The summed E-state index contributed by atoms with van der Waals surface area (Å²) in [5, 5.41) is 0. The lowest BCUT2D eigenvalue weighted by Crippen LogP contribution is -2.28. The van der Waals surface area contributed by atoms with Gasteiger partial charge in [-0.15, -0.1) is 0 Å². The molecule has 0 amide bonds. The minimum absolute atomic E-state index is 0.108. The van der Waals surface area contributed by atoms with Gasteiger partial charge in [0.25, 0.3) is 0 Å². The maximum Gasteiger partial charge on any atom is 0.0393 e. The summed E-state index contributed by atoms with van der Waals surface area (Å²) in [7, 11) is 0. The van der Waals surface area contributed by atoms with E-state index in [0.29, 0.717) is 5.92 Å². The van der Waals surface area contributed by atoms with Crippen LogP contribution >= 0.6 is 0 Å². The molecule has 1 atom stereocenters. The second-order valence-electron chi connectivity index (χ2n) is 5.57. The van der Waals surface area contributed by atoms with Gasteiger partial charge in [-0.3, -0.25) is 0 Å². The van der Waals surface area contributed by atoms with E-state index in [4.69, 9.17) is 5.73 Å². The van der Waals surface area contributed by atoms with Crippen LogP contribution in [0.3, 0.4) is 0 Å². The number of rotatable bonds is 0. The van der Waals surface area contributed by atoms with E-state index >= 15 is 0 Å². The van der Waals surface area contributed by atoms with Gasteiger partial charge >= 0.3 is 0 Å². The first kappa shape index (κ1) is 12.0. The zero-order chi connectivity index (χ0) is 12.6. The first-order valence-electron chi connectivity index (χ1n) is 6.18. The Labute approximate surface area is 104 Å². The Hall–Kier alpha value is -1.50. The molecule has 1 aliphatic carbocycles. The molecular formula is C16H21N. The highest BCUT2D eigenvalue weighted by Gasteiger charge is 2.30. The zero-order valence-electron chi connectivity index (χ0n) is 11.1. The molecule has 0 bridgehead atoms. The van der Waals surface area contributed by atoms with E-state index in [1.165, 1.54) is 16.7 Å². The van der Waals surface area contributed by atoms with Crippen LogP contribution in [0, 0.1) is 5.92 Å². The van der Waals surface area contributed by atoms with Crippen molar-refractivity contribution in [1.29, 1.82) is 0 Å². The van der Waals surface area contributed by atoms with Crippen LogP contribution in [0.25, 0.3) is 5.70 Å². The Balaban J connectivity index is 2.72. The Morgan fingerprint density at radius 2 is 1.82 bits per heavy atom. The molecular weight excluding hydrogens is 206 g/mol. The molecule has 1 unspecified atom stereocenters. The van der Waals surface area contributed by atoms with Crippen LogP contribution in [0.5, 0.6) is 0 Å².